The van der Waals surface area contributed by atoms with E-state index in [2.05, 4.69) is 0 Å². The van der Waals surface area contributed by atoms with E-state index < -0.39 is 14.8 Å². The maximum Gasteiger partial charge on any atom is 0.293 e. The van der Waals surface area contributed by atoms with Gasteiger partial charge in [-0.3, -0.25) is 10.1 Å². The third-order valence-corrected chi connectivity index (χ3v) is 5.89. The molecule has 27 heavy (non-hydrogen) atoms. The van der Waals surface area contributed by atoms with Gasteiger partial charge < -0.3 is 9.80 Å². The van der Waals surface area contributed by atoms with Crippen LogP contribution < -0.4 is 9.80 Å². The summed E-state index contributed by atoms with van der Waals surface area (Å²) in [4.78, 5) is 13.9. The van der Waals surface area contributed by atoms with E-state index in [0.29, 0.717) is 44.0 Å². The molecule has 3 rings (SSSR count). The highest BCUT2D eigenvalue weighted by Crippen LogP contribution is 2.30. The van der Waals surface area contributed by atoms with Crippen LogP contribution in [0.15, 0.2) is 47.4 Å². The lowest BCUT2D eigenvalue weighted by Gasteiger charge is -2.33. The molecule has 0 amide bonds. The third-order valence-electron chi connectivity index (χ3n) is 4.78. The molecule has 1 saturated heterocycles. The predicted octanol–water partition coefficient (Wildman–Crippen LogP) is 1.04. The second-order valence-electron chi connectivity index (χ2n) is 6.69. The number of sulfone groups is 1. The zero-order chi connectivity index (χ0) is 19.6. The van der Waals surface area contributed by atoms with Crippen molar-refractivity contribution in [3.05, 3.63) is 64.0 Å². The number of quaternary nitrogens is 1. The Balaban J connectivity index is 1.74. The van der Waals surface area contributed by atoms with E-state index in [1.165, 1.54) is 23.1 Å². The first-order valence-corrected chi connectivity index (χ1v) is 10.5. The number of nitro groups is 1. The van der Waals surface area contributed by atoms with Gasteiger partial charge in [0.15, 0.2) is 9.84 Å². The van der Waals surface area contributed by atoms with Crippen molar-refractivity contribution in [2.75, 3.05) is 37.3 Å². The topological polar surface area (TPSA) is 85.0 Å². The minimum absolute atomic E-state index is 0.0678. The van der Waals surface area contributed by atoms with Crippen LogP contribution in [-0.4, -0.2) is 45.8 Å². The number of anilines is 1. The molecule has 1 aliphatic rings. The van der Waals surface area contributed by atoms with Crippen molar-refractivity contribution in [1.82, 2.24) is 0 Å². The molecule has 1 fully saturated rings. The van der Waals surface area contributed by atoms with Crippen LogP contribution in [0.3, 0.4) is 0 Å². The van der Waals surface area contributed by atoms with Gasteiger partial charge in [0, 0.05) is 17.9 Å². The van der Waals surface area contributed by atoms with Crippen molar-refractivity contribution in [1.29, 1.82) is 0 Å². The van der Waals surface area contributed by atoms with E-state index in [0.717, 1.165) is 12.3 Å². The Kier molecular flexibility index (Phi) is 5.43. The molecule has 0 radical (unpaired) electrons. The first-order valence-electron chi connectivity index (χ1n) is 8.56. The molecule has 0 aliphatic carbocycles. The lowest BCUT2D eigenvalue weighted by atomic mass is 10.1. The Morgan fingerprint density at radius 3 is 2.44 bits per heavy atom. The molecule has 0 spiro atoms. The minimum atomic E-state index is -3.52. The third kappa shape index (κ3) is 4.42. The van der Waals surface area contributed by atoms with Gasteiger partial charge in [-0.2, -0.15) is 0 Å². The number of hydrogen-bond donors (Lipinski definition) is 1. The molecular formula is C18H21FN3O4S+. The molecule has 1 heterocycles. The highest BCUT2D eigenvalue weighted by atomic mass is 32.2. The molecule has 144 valence electrons. The first-order chi connectivity index (χ1) is 12.8. The zero-order valence-corrected chi connectivity index (χ0v) is 15.7. The van der Waals surface area contributed by atoms with E-state index in [9.17, 15) is 22.9 Å². The van der Waals surface area contributed by atoms with Crippen LogP contribution in [-0.2, 0) is 16.4 Å². The molecule has 0 saturated carbocycles. The lowest BCUT2D eigenvalue weighted by Crippen LogP contribution is -3.13. The Morgan fingerprint density at radius 1 is 1.19 bits per heavy atom. The van der Waals surface area contributed by atoms with Crippen LogP contribution in [0.4, 0.5) is 15.8 Å². The quantitative estimate of drug-likeness (QED) is 0.605. The van der Waals surface area contributed by atoms with Gasteiger partial charge in [0.25, 0.3) is 5.69 Å². The van der Waals surface area contributed by atoms with E-state index >= 15 is 0 Å². The summed E-state index contributed by atoms with van der Waals surface area (Å²) in [6, 6.07) is 10.7. The highest BCUT2D eigenvalue weighted by Gasteiger charge is 2.27. The van der Waals surface area contributed by atoms with Crippen LogP contribution in [0.1, 0.15) is 5.56 Å². The van der Waals surface area contributed by atoms with E-state index in [-0.39, 0.29) is 16.4 Å². The highest BCUT2D eigenvalue weighted by molar-refractivity contribution is 7.90. The zero-order valence-electron chi connectivity index (χ0n) is 14.9. The van der Waals surface area contributed by atoms with Gasteiger partial charge >= 0.3 is 0 Å². The van der Waals surface area contributed by atoms with Crippen molar-refractivity contribution in [2.24, 2.45) is 0 Å². The first kappa shape index (κ1) is 19.2. The van der Waals surface area contributed by atoms with Crippen molar-refractivity contribution in [3.63, 3.8) is 0 Å². The summed E-state index contributed by atoms with van der Waals surface area (Å²) >= 11 is 0. The molecule has 9 heteroatoms. The van der Waals surface area contributed by atoms with Crippen LogP contribution in [0, 0.1) is 15.9 Å². The number of piperazine rings is 1. The molecule has 0 unspecified atom stereocenters. The fourth-order valence-corrected chi connectivity index (χ4v) is 3.94. The average molecular weight is 394 g/mol. The SMILES string of the molecule is CS(=O)(=O)c1ccc(N2CC[NH+](Cc3ccccc3F)CC2)c([N+](=O)[O-])c1. The molecule has 1 N–H and O–H groups in total. The largest absolute Gasteiger partial charge is 0.355 e. The number of benzene rings is 2. The maximum atomic E-state index is 13.8. The van der Waals surface area contributed by atoms with Crippen molar-refractivity contribution in [3.8, 4) is 0 Å². The van der Waals surface area contributed by atoms with Gasteiger partial charge in [0.05, 0.1) is 36.0 Å². The number of nitrogens with zero attached hydrogens (tertiary/aromatic N) is 2. The number of halogens is 1. The van der Waals surface area contributed by atoms with Crippen LogP contribution in [0.2, 0.25) is 0 Å². The van der Waals surface area contributed by atoms with Gasteiger partial charge in [0.2, 0.25) is 0 Å². The van der Waals surface area contributed by atoms with Crippen LogP contribution in [0.25, 0.3) is 0 Å². The van der Waals surface area contributed by atoms with Crippen LogP contribution in [0.5, 0.6) is 0 Å². The molecule has 2 aromatic rings. The minimum Gasteiger partial charge on any atom is -0.355 e. The van der Waals surface area contributed by atoms with E-state index in [1.807, 2.05) is 4.90 Å². The molecular weight excluding hydrogens is 373 g/mol. The number of nitrogens with one attached hydrogen (secondary N) is 1. The summed E-state index contributed by atoms with van der Waals surface area (Å²) in [7, 11) is -3.52. The van der Waals surface area contributed by atoms with Gasteiger partial charge in [-0.1, -0.05) is 18.2 Å². The normalized spacial score (nSPS) is 15.7. The fourth-order valence-electron chi connectivity index (χ4n) is 3.30. The van der Waals surface area contributed by atoms with Crippen molar-refractivity contribution < 1.29 is 22.6 Å². The van der Waals surface area contributed by atoms with E-state index in [1.54, 1.807) is 18.2 Å². The second-order valence-corrected chi connectivity index (χ2v) is 8.70. The van der Waals surface area contributed by atoms with Gasteiger partial charge in [-0.25, -0.2) is 12.8 Å². The summed E-state index contributed by atoms with van der Waals surface area (Å²) < 4.78 is 37.2. The standard InChI is InChI=1S/C18H20FN3O4S/c1-27(25,26)15-6-7-17(18(12-15)22(23)24)21-10-8-20(9-11-21)13-14-4-2-3-5-16(14)19/h2-7,12H,8-11,13H2,1H3/p+1. The molecule has 2 aromatic carbocycles. The number of nitro benzene ring substituents is 1. The second kappa shape index (κ2) is 7.61. The number of hydrogen-bond acceptors (Lipinski definition) is 5. The lowest BCUT2D eigenvalue weighted by molar-refractivity contribution is -0.914. The summed E-state index contributed by atoms with van der Waals surface area (Å²) in [5.41, 5.74) is 0.859. The average Bonchev–Trinajstić information content (AvgIpc) is 2.63. The molecule has 1 aliphatic heterocycles. The monoisotopic (exact) mass is 394 g/mol. The Labute approximate surface area is 157 Å². The summed E-state index contributed by atoms with van der Waals surface area (Å²) in [6.45, 7) is 3.12. The van der Waals surface area contributed by atoms with Gasteiger partial charge in [-0.15, -0.1) is 0 Å². The Morgan fingerprint density at radius 2 is 1.85 bits per heavy atom. The van der Waals surface area contributed by atoms with Gasteiger partial charge in [-0.05, 0) is 18.2 Å². The predicted molar refractivity (Wildman–Crippen MR) is 99.2 cm³/mol. The molecule has 0 aromatic heterocycles. The summed E-state index contributed by atoms with van der Waals surface area (Å²) in [6.07, 6.45) is 1.02. The van der Waals surface area contributed by atoms with E-state index in [4.69, 9.17) is 0 Å². The van der Waals surface area contributed by atoms with Crippen molar-refractivity contribution in [2.45, 2.75) is 11.4 Å². The molecule has 0 bridgehead atoms. The Bertz CT molecular complexity index is 957. The number of rotatable bonds is 5. The van der Waals surface area contributed by atoms with Crippen molar-refractivity contribution >= 4 is 21.2 Å². The molecule has 7 nitrogen and oxygen atoms in total. The van der Waals surface area contributed by atoms with Crippen LogP contribution >= 0.6 is 0 Å². The summed E-state index contributed by atoms with van der Waals surface area (Å²) in [5.74, 6) is -0.223. The molecule has 0 atom stereocenters. The smallest absolute Gasteiger partial charge is 0.293 e. The summed E-state index contributed by atoms with van der Waals surface area (Å²) in [5, 5.41) is 11.4. The Hall–Kier alpha value is -2.52. The fraction of sp³-hybridized carbons (Fsp3) is 0.333. The van der Waals surface area contributed by atoms with Gasteiger partial charge in [0.1, 0.15) is 18.0 Å². The maximum absolute atomic E-state index is 13.8.